The molecule has 0 aliphatic carbocycles. The molecular weight excluding hydrogens is 412 g/mol. The lowest BCUT2D eigenvalue weighted by molar-refractivity contribution is -0.129. The van der Waals surface area contributed by atoms with Crippen LogP contribution in [-0.2, 0) is 9.59 Å². The average molecular weight is 441 g/mol. The van der Waals surface area contributed by atoms with Gasteiger partial charge in [0, 0.05) is 0 Å². The van der Waals surface area contributed by atoms with Gasteiger partial charge in [0.15, 0.2) is 5.17 Å². The van der Waals surface area contributed by atoms with E-state index in [9.17, 15) is 9.59 Å². The number of methoxy groups -OCH3 is 1. The molecule has 1 heterocycles. The number of amidine groups is 1. The van der Waals surface area contributed by atoms with Crippen LogP contribution in [0.1, 0.15) is 38.7 Å². The molecule has 2 amide bonds. The molecule has 0 bridgehead atoms. The number of nitrogens with zero attached hydrogens (tertiary/aromatic N) is 3. The molecule has 0 radical (unpaired) electrons. The SMILES string of the molecule is CCC(C)c1ccccc1.CCSC1=NC(=O)C(N=Nc2ccc(OC)cc2)C(=O)N1. The van der Waals surface area contributed by atoms with E-state index in [4.69, 9.17) is 4.74 Å². The molecule has 31 heavy (non-hydrogen) atoms. The van der Waals surface area contributed by atoms with Crippen LogP contribution in [0.5, 0.6) is 5.75 Å². The zero-order valence-corrected chi connectivity index (χ0v) is 19.1. The number of hydrogen-bond acceptors (Lipinski definition) is 6. The van der Waals surface area contributed by atoms with Crippen LogP contribution in [0.15, 0.2) is 69.8 Å². The van der Waals surface area contributed by atoms with Crippen molar-refractivity contribution in [1.82, 2.24) is 5.32 Å². The Kier molecular flexibility index (Phi) is 9.90. The van der Waals surface area contributed by atoms with Gasteiger partial charge in [0.1, 0.15) is 5.75 Å². The van der Waals surface area contributed by atoms with Crippen LogP contribution in [0.3, 0.4) is 0 Å². The Morgan fingerprint density at radius 2 is 1.77 bits per heavy atom. The third-order valence-corrected chi connectivity index (χ3v) is 5.30. The minimum atomic E-state index is -1.23. The van der Waals surface area contributed by atoms with E-state index in [1.54, 1.807) is 31.4 Å². The van der Waals surface area contributed by atoms with Gasteiger partial charge in [-0.2, -0.15) is 15.2 Å². The third kappa shape index (κ3) is 7.64. The number of ether oxygens (including phenoxy) is 1. The summed E-state index contributed by atoms with van der Waals surface area (Å²) < 4.78 is 5.02. The van der Waals surface area contributed by atoms with Gasteiger partial charge in [0.25, 0.3) is 11.8 Å². The summed E-state index contributed by atoms with van der Waals surface area (Å²) >= 11 is 1.29. The number of azo groups is 1. The van der Waals surface area contributed by atoms with Gasteiger partial charge in [-0.1, -0.05) is 62.9 Å². The summed E-state index contributed by atoms with van der Waals surface area (Å²) in [6.45, 7) is 6.38. The second kappa shape index (κ2) is 12.6. The Balaban J connectivity index is 0.000000285. The maximum atomic E-state index is 11.8. The fraction of sp³-hybridized carbons (Fsp3) is 0.348. The van der Waals surface area contributed by atoms with E-state index in [0.29, 0.717) is 28.3 Å². The molecule has 0 saturated heterocycles. The zero-order chi connectivity index (χ0) is 22.6. The lowest BCUT2D eigenvalue weighted by Crippen LogP contribution is -2.45. The Morgan fingerprint density at radius 1 is 1.10 bits per heavy atom. The molecule has 8 heteroatoms. The molecule has 1 aliphatic heterocycles. The Hall–Kier alpha value is -3.00. The second-order valence-electron chi connectivity index (χ2n) is 6.71. The maximum Gasteiger partial charge on any atom is 0.284 e. The highest BCUT2D eigenvalue weighted by atomic mass is 32.2. The highest BCUT2D eigenvalue weighted by molar-refractivity contribution is 8.13. The lowest BCUT2D eigenvalue weighted by atomic mass is 9.99. The quantitative estimate of drug-likeness (QED) is 0.499. The topological polar surface area (TPSA) is 92.5 Å². The maximum absolute atomic E-state index is 11.8. The van der Waals surface area contributed by atoms with E-state index in [0.717, 1.165) is 0 Å². The predicted octanol–water partition coefficient (Wildman–Crippen LogP) is 5.11. The van der Waals surface area contributed by atoms with Gasteiger partial charge in [-0.25, -0.2) is 0 Å². The first kappa shape index (κ1) is 24.3. The number of rotatable bonds is 6. The smallest absolute Gasteiger partial charge is 0.284 e. The molecule has 7 nitrogen and oxygen atoms in total. The summed E-state index contributed by atoms with van der Waals surface area (Å²) in [6.07, 6.45) is 1.23. The first-order valence-electron chi connectivity index (χ1n) is 10.1. The summed E-state index contributed by atoms with van der Waals surface area (Å²) in [6, 6.07) is 16.2. The van der Waals surface area contributed by atoms with E-state index >= 15 is 0 Å². The van der Waals surface area contributed by atoms with Gasteiger partial charge < -0.3 is 10.1 Å². The van der Waals surface area contributed by atoms with Crippen LogP contribution in [0.4, 0.5) is 5.69 Å². The number of thioether (sulfide) groups is 1. The highest BCUT2D eigenvalue weighted by Crippen LogP contribution is 2.19. The molecule has 2 atom stereocenters. The van der Waals surface area contributed by atoms with Crippen molar-refractivity contribution in [2.45, 2.75) is 39.2 Å². The normalized spacial score (nSPS) is 16.8. The Bertz CT molecular complexity index is 914. The molecule has 3 rings (SSSR count). The number of carbonyl (C=O) groups is 2. The van der Waals surface area contributed by atoms with Crippen LogP contribution in [-0.4, -0.2) is 35.9 Å². The van der Waals surface area contributed by atoms with Crippen molar-refractivity contribution in [2.24, 2.45) is 15.2 Å². The van der Waals surface area contributed by atoms with Crippen LogP contribution >= 0.6 is 11.8 Å². The minimum Gasteiger partial charge on any atom is -0.497 e. The zero-order valence-electron chi connectivity index (χ0n) is 18.2. The van der Waals surface area contributed by atoms with Gasteiger partial charge in [0.2, 0.25) is 6.04 Å². The van der Waals surface area contributed by atoms with Gasteiger partial charge in [-0.3, -0.25) is 9.59 Å². The molecule has 0 aromatic heterocycles. The van der Waals surface area contributed by atoms with Crippen LogP contribution < -0.4 is 10.1 Å². The number of benzene rings is 2. The van der Waals surface area contributed by atoms with E-state index in [2.05, 4.69) is 64.7 Å². The molecule has 2 aromatic carbocycles. The van der Waals surface area contributed by atoms with Crippen molar-refractivity contribution < 1.29 is 14.3 Å². The van der Waals surface area contributed by atoms with Gasteiger partial charge in [-0.05, 0) is 47.9 Å². The molecule has 0 fully saturated rings. The van der Waals surface area contributed by atoms with Crippen LogP contribution in [0, 0.1) is 0 Å². The summed E-state index contributed by atoms with van der Waals surface area (Å²) in [5.41, 5.74) is 1.97. The molecule has 0 spiro atoms. The molecular formula is C23H28N4O3S. The van der Waals surface area contributed by atoms with E-state index in [1.807, 2.05) is 6.92 Å². The fourth-order valence-electron chi connectivity index (χ4n) is 2.57. The number of carbonyl (C=O) groups excluding carboxylic acids is 2. The summed E-state index contributed by atoms with van der Waals surface area (Å²) in [5.74, 6) is 0.993. The molecule has 164 valence electrons. The number of aliphatic imine (C=N–C) groups is 1. The monoisotopic (exact) mass is 440 g/mol. The first-order valence-corrected chi connectivity index (χ1v) is 11.1. The fourth-order valence-corrected chi connectivity index (χ4v) is 3.17. The van der Waals surface area contributed by atoms with Gasteiger partial charge in [-0.15, -0.1) is 0 Å². The van der Waals surface area contributed by atoms with Crippen molar-refractivity contribution in [2.75, 3.05) is 12.9 Å². The van der Waals surface area contributed by atoms with E-state index in [1.165, 1.54) is 23.7 Å². The van der Waals surface area contributed by atoms with E-state index < -0.39 is 17.9 Å². The van der Waals surface area contributed by atoms with Gasteiger partial charge in [0.05, 0.1) is 12.8 Å². The molecule has 1 aliphatic rings. The Labute approximate surface area is 187 Å². The highest BCUT2D eigenvalue weighted by Gasteiger charge is 2.32. The summed E-state index contributed by atoms with van der Waals surface area (Å²) in [5, 5.41) is 10.5. The first-order chi connectivity index (χ1) is 15.0. The molecule has 2 unspecified atom stereocenters. The van der Waals surface area contributed by atoms with Crippen molar-refractivity contribution in [3.63, 3.8) is 0 Å². The standard InChI is InChI=1S/C13H14N4O3S.C10H14/c1-3-21-13-14-11(18)10(12(19)15-13)17-16-8-4-6-9(20-2)7-5-8;1-3-9(2)10-7-5-4-6-8-10/h4-7,10H,3H2,1-2H3,(H,14,15,18,19);4-9H,3H2,1-2H3. The lowest BCUT2D eigenvalue weighted by Gasteiger charge is -2.15. The second-order valence-corrected chi connectivity index (χ2v) is 7.97. The largest absolute Gasteiger partial charge is 0.497 e. The minimum absolute atomic E-state index is 0.309. The number of nitrogens with one attached hydrogen (secondary N) is 1. The predicted molar refractivity (Wildman–Crippen MR) is 125 cm³/mol. The number of amides is 2. The molecule has 2 aromatic rings. The van der Waals surface area contributed by atoms with Crippen molar-refractivity contribution >= 4 is 34.4 Å². The van der Waals surface area contributed by atoms with Crippen molar-refractivity contribution in [3.8, 4) is 5.75 Å². The van der Waals surface area contributed by atoms with E-state index in [-0.39, 0.29) is 0 Å². The molecule has 0 saturated carbocycles. The van der Waals surface area contributed by atoms with Crippen molar-refractivity contribution in [1.29, 1.82) is 0 Å². The van der Waals surface area contributed by atoms with Crippen LogP contribution in [0.25, 0.3) is 0 Å². The van der Waals surface area contributed by atoms with Crippen molar-refractivity contribution in [3.05, 3.63) is 60.2 Å². The summed E-state index contributed by atoms with van der Waals surface area (Å²) in [7, 11) is 1.56. The average Bonchev–Trinajstić information content (AvgIpc) is 2.79. The third-order valence-electron chi connectivity index (χ3n) is 4.55. The van der Waals surface area contributed by atoms with Gasteiger partial charge >= 0.3 is 0 Å². The number of hydrogen-bond donors (Lipinski definition) is 1. The van der Waals surface area contributed by atoms with Crippen LogP contribution in [0.2, 0.25) is 0 Å². The summed E-state index contributed by atoms with van der Waals surface area (Å²) in [4.78, 5) is 27.4. The molecule has 1 N–H and O–H groups in total. The Morgan fingerprint density at radius 3 is 2.32 bits per heavy atom.